The molecule has 0 saturated carbocycles. The van der Waals surface area contributed by atoms with Crippen LogP contribution in [0.2, 0.25) is 0 Å². The van der Waals surface area contributed by atoms with Crippen LogP contribution in [0.3, 0.4) is 0 Å². The quantitative estimate of drug-likeness (QED) is 0.914. The van der Waals surface area contributed by atoms with E-state index in [1.807, 2.05) is 0 Å². The van der Waals surface area contributed by atoms with Gasteiger partial charge in [-0.2, -0.15) is 0 Å². The molecule has 1 aliphatic heterocycles. The topological polar surface area (TPSA) is 89.7 Å². The van der Waals surface area contributed by atoms with Crippen molar-refractivity contribution < 1.29 is 22.3 Å². The maximum absolute atomic E-state index is 13.5. The predicted molar refractivity (Wildman–Crippen MR) is 86.1 cm³/mol. The molecule has 2 aromatic carbocycles. The number of benzene rings is 2. The van der Waals surface area contributed by atoms with Crippen molar-refractivity contribution >= 4 is 21.6 Å². The van der Waals surface area contributed by atoms with Gasteiger partial charge in [0.25, 0.3) is 10.0 Å². The summed E-state index contributed by atoms with van der Waals surface area (Å²) in [6.45, 7) is 1.79. The van der Waals surface area contributed by atoms with Crippen molar-refractivity contribution in [3.63, 3.8) is 0 Å². The Labute approximate surface area is 138 Å². The smallest absolute Gasteiger partial charge is 0.264 e. The normalized spacial score (nSPS) is 14.0. The third-order valence-corrected chi connectivity index (χ3v) is 5.74. The molecule has 8 heteroatoms. The summed E-state index contributed by atoms with van der Waals surface area (Å²) in [5, 5.41) is 0. The van der Waals surface area contributed by atoms with Crippen molar-refractivity contribution in [2.45, 2.75) is 11.8 Å². The number of rotatable bonds is 3. The van der Waals surface area contributed by atoms with E-state index in [2.05, 4.69) is 0 Å². The molecule has 1 aliphatic rings. The summed E-state index contributed by atoms with van der Waals surface area (Å²) in [5.41, 5.74) is 6.06. The summed E-state index contributed by atoms with van der Waals surface area (Å²) in [7, 11) is -4.01. The van der Waals surface area contributed by atoms with E-state index in [0.29, 0.717) is 11.3 Å². The predicted octanol–water partition coefficient (Wildman–Crippen LogP) is 1.82. The second kappa shape index (κ2) is 5.79. The van der Waals surface area contributed by atoms with Crippen LogP contribution in [0.25, 0.3) is 0 Å². The number of hydrogen-bond donors (Lipinski definition) is 1. The molecule has 0 atom stereocenters. The molecule has 1 amide bonds. The highest BCUT2D eigenvalue weighted by atomic mass is 32.2. The third-order valence-electron chi connectivity index (χ3n) is 3.78. The summed E-state index contributed by atoms with van der Waals surface area (Å²) < 4.78 is 46.1. The molecule has 126 valence electrons. The summed E-state index contributed by atoms with van der Waals surface area (Å²) in [6.07, 6.45) is 0. The number of fused-ring (bicyclic) bond motifs is 1. The van der Waals surface area contributed by atoms with Gasteiger partial charge in [0.2, 0.25) is 5.91 Å². The lowest BCUT2D eigenvalue weighted by Crippen LogP contribution is -2.38. The lowest BCUT2D eigenvalue weighted by molar-refractivity contribution is 0.1000. The van der Waals surface area contributed by atoms with Crippen LogP contribution >= 0.6 is 0 Å². The lowest BCUT2D eigenvalue weighted by atomic mass is 10.1. The largest absolute Gasteiger partial charge is 0.489 e. The van der Waals surface area contributed by atoms with Crippen LogP contribution in [-0.4, -0.2) is 27.5 Å². The van der Waals surface area contributed by atoms with Gasteiger partial charge in [0.05, 0.1) is 17.1 Å². The van der Waals surface area contributed by atoms with Crippen molar-refractivity contribution in [3.8, 4) is 5.75 Å². The number of nitrogens with zero attached hydrogens (tertiary/aromatic N) is 1. The Balaban J connectivity index is 2.16. The van der Waals surface area contributed by atoms with E-state index in [-0.39, 0.29) is 29.3 Å². The van der Waals surface area contributed by atoms with Crippen LogP contribution in [0.5, 0.6) is 5.75 Å². The second-order valence-electron chi connectivity index (χ2n) is 5.38. The Kier molecular flexibility index (Phi) is 3.92. The molecule has 1 heterocycles. The van der Waals surface area contributed by atoms with Gasteiger partial charge >= 0.3 is 0 Å². The second-order valence-corrected chi connectivity index (χ2v) is 7.21. The molecule has 0 fully saturated rings. The number of amides is 1. The van der Waals surface area contributed by atoms with Crippen LogP contribution in [0.4, 0.5) is 10.1 Å². The van der Waals surface area contributed by atoms with Crippen molar-refractivity contribution in [2.24, 2.45) is 5.73 Å². The first-order chi connectivity index (χ1) is 11.3. The number of anilines is 1. The third kappa shape index (κ3) is 2.69. The zero-order valence-corrected chi connectivity index (χ0v) is 13.6. The lowest BCUT2D eigenvalue weighted by Gasteiger charge is -2.31. The maximum atomic E-state index is 13.5. The molecule has 6 nitrogen and oxygen atoms in total. The number of nitrogens with two attached hydrogens (primary N) is 1. The van der Waals surface area contributed by atoms with Crippen LogP contribution in [-0.2, 0) is 10.0 Å². The molecule has 2 N–H and O–H groups in total. The zero-order valence-electron chi connectivity index (χ0n) is 12.8. The number of carbonyl (C=O) groups is 1. The first kappa shape index (κ1) is 16.3. The molecule has 0 unspecified atom stereocenters. The van der Waals surface area contributed by atoms with E-state index in [9.17, 15) is 17.6 Å². The Morgan fingerprint density at radius 1 is 1.25 bits per heavy atom. The highest BCUT2D eigenvalue weighted by Crippen LogP contribution is 2.36. The number of primary amides is 1. The molecule has 0 aromatic heterocycles. The van der Waals surface area contributed by atoms with Crippen molar-refractivity contribution in [2.75, 3.05) is 17.5 Å². The number of sulfonamides is 1. The minimum absolute atomic E-state index is 0.0491. The first-order valence-corrected chi connectivity index (χ1v) is 8.60. The van der Waals surface area contributed by atoms with Crippen LogP contribution in [0, 0.1) is 12.7 Å². The van der Waals surface area contributed by atoms with Gasteiger partial charge < -0.3 is 10.5 Å². The number of hydrogen-bond acceptors (Lipinski definition) is 4. The fourth-order valence-corrected chi connectivity index (χ4v) is 4.26. The minimum atomic E-state index is -4.01. The van der Waals surface area contributed by atoms with E-state index in [1.165, 1.54) is 30.3 Å². The number of carbonyl (C=O) groups excluding carboxylic acids is 1. The van der Waals surface area contributed by atoms with E-state index in [4.69, 9.17) is 10.5 Å². The molecular formula is C16H15FN2O4S. The fraction of sp³-hybridized carbons (Fsp3) is 0.188. The Morgan fingerprint density at radius 3 is 2.71 bits per heavy atom. The van der Waals surface area contributed by atoms with Gasteiger partial charge in [-0.15, -0.1) is 0 Å². The van der Waals surface area contributed by atoms with Crippen molar-refractivity contribution in [1.82, 2.24) is 0 Å². The molecule has 2 aromatic rings. The SMILES string of the molecule is Cc1ccc(F)cc1S(=O)(=O)N1CCOc2ccc(C(N)=O)cc21. The average molecular weight is 350 g/mol. The Morgan fingerprint density at radius 2 is 2.00 bits per heavy atom. The van der Waals surface area contributed by atoms with Gasteiger partial charge in [0.1, 0.15) is 18.2 Å². The van der Waals surface area contributed by atoms with Crippen LogP contribution < -0.4 is 14.8 Å². The monoisotopic (exact) mass is 350 g/mol. The zero-order chi connectivity index (χ0) is 17.5. The van der Waals surface area contributed by atoms with E-state index in [0.717, 1.165) is 10.4 Å². The highest BCUT2D eigenvalue weighted by Gasteiger charge is 2.32. The Hall–Kier alpha value is -2.61. The van der Waals surface area contributed by atoms with Gasteiger partial charge in [0.15, 0.2) is 0 Å². The van der Waals surface area contributed by atoms with Gasteiger partial charge in [-0.3, -0.25) is 9.10 Å². The molecule has 0 bridgehead atoms. The summed E-state index contributed by atoms with van der Waals surface area (Å²) >= 11 is 0. The number of ether oxygens (including phenoxy) is 1. The fourth-order valence-electron chi connectivity index (χ4n) is 2.57. The molecule has 3 rings (SSSR count). The van der Waals surface area contributed by atoms with E-state index >= 15 is 0 Å². The molecular weight excluding hydrogens is 335 g/mol. The molecule has 0 saturated heterocycles. The Bertz CT molecular complexity index is 928. The minimum Gasteiger partial charge on any atom is -0.489 e. The van der Waals surface area contributed by atoms with Gasteiger partial charge in [-0.05, 0) is 42.8 Å². The standard InChI is InChI=1S/C16H15FN2O4S/c1-10-2-4-12(17)9-15(10)24(21,22)19-6-7-23-14-5-3-11(16(18)20)8-13(14)19/h2-5,8-9H,6-7H2,1H3,(H2,18,20). The van der Waals surface area contributed by atoms with Crippen molar-refractivity contribution in [1.29, 1.82) is 0 Å². The number of halogens is 1. The average Bonchev–Trinajstić information content (AvgIpc) is 2.55. The molecule has 0 radical (unpaired) electrons. The molecule has 0 aliphatic carbocycles. The maximum Gasteiger partial charge on any atom is 0.264 e. The van der Waals surface area contributed by atoms with Crippen LogP contribution in [0.1, 0.15) is 15.9 Å². The summed E-state index contributed by atoms with van der Waals surface area (Å²) in [6, 6.07) is 7.91. The van der Waals surface area contributed by atoms with E-state index < -0.39 is 21.7 Å². The van der Waals surface area contributed by atoms with Crippen LogP contribution in [0.15, 0.2) is 41.3 Å². The first-order valence-electron chi connectivity index (χ1n) is 7.16. The van der Waals surface area contributed by atoms with E-state index in [1.54, 1.807) is 6.92 Å². The van der Waals surface area contributed by atoms with Gasteiger partial charge in [-0.1, -0.05) is 6.07 Å². The van der Waals surface area contributed by atoms with Gasteiger partial charge in [0, 0.05) is 5.56 Å². The molecule has 24 heavy (non-hydrogen) atoms. The highest BCUT2D eigenvalue weighted by molar-refractivity contribution is 7.92. The van der Waals surface area contributed by atoms with Gasteiger partial charge in [-0.25, -0.2) is 12.8 Å². The molecule has 0 spiro atoms. The van der Waals surface area contributed by atoms with Crippen molar-refractivity contribution in [3.05, 3.63) is 53.3 Å². The summed E-state index contributed by atoms with van der Waals surface area (Å²) in [5.74, 6) is -0.995. The number of aryl methyl sites for hydroxylation is 1. The summed E-state index contributed by atoms with van der Waals surface area (Å²) in [4.78, 5) is 11.3.